The second kappa shape index (κ2) is 7.60. The van der Waals surface area contributed by atoms with Gasteiger partial charge in [-0.1, -0.05) is 42.5 Å². The third-order valence-electron chi connectivity index (χ3n) is 4.46. The number of fused-ring (bicyclic) bond motifs is 1. The van der Waals surface area contributed by atoms with Crippen molar-refractivity contribution in [2.24, 2.45) is 0 Å². The van der Waals surface area contributed by atoms with Crippen LogP contribution in [0.5, 0.6) is 5.75 Å². The second-order valence-electron chi connectivity index (χ2n) is 6.30. The van der Waals surface area contributed by atoms with E-state index in [1.807, 2.05) is 59.2 Å². The zero-order valence-corrected chi connectivity index (χ0v) is 14.6. The van der Waals surface area contributed by atoms with Gasteiger partial charge in [0.2, 0.25) is 0 Å². The van der Waals surface area contributed by atoms with Crippen LogP contribution in [0.25, 0.3) is 11.0 Å². The van der Waals surface area contributed by atoms with Crippen molar-refractivity contribution >= 4 is 11.0 Å². The zero-order chi connectivity index (χ0) is 18.6. The van der Waals surface area contributed by atoms with E-state index in [2.05, 4.69) is 4.98 Å². The van der Waals surface area contributed by atoms with Crippen molar-refractivity contribution in [2.45, 2.75) is 19.3 Å². The molecule has 0 saturated carbocycles. The molecule has 0 amide bonds. The van der Waals surface area contributed by atoms with Crippen LogP contribution in [0.1, 0.15) is 17.5 Å². The first-order valence-corrected chi connectivity index (χ1v) is 8.76. The van der Waals surface area contributed by atoms with E-state index in [1.54, 1.807) is 12.1 Å². The SMILES string of the molecule is O[C@@H](Cn1c(COc2ccccc2)nc2ccccc21)c1ccc(F)cc1. The Balaban J connectivity index is 1.62. The van der Waals surface area contributed by atoms with E-state index in [0.29, 0.717) is 12.1 Å². The second-order valence-corrected chi connectivity index (χ2v) is 6.30. The van der Waals surface area contributed by atoms with Crippen LogP contribution >= 0.6 is 0 Å². The van der Waals surface area contributed by atoms with Crippen LogP contribution in [0, 0.1) is 5.82 Å². The van der Waals surface area contributed by atoms with Crippen LogP contribution in [0.2, 0.25) is 0 Å². The fourth-order valence-corrected chi connectivity index (χ4v) is 3.07. The Labute approximate surface area is 156 Å². The van der Waals surface area contributed by atoms with Crippen molar-refractivity contribution in [3.63, 3.8) is 0 Å². The maximum Gasteiger partial charge on any atom is 0.148 e. The number of aliphatic hydroxyl groups excluding tert-OH is 1. The standard InChI is InChI=1S/C22H19FN2O2/c23-17-12-10-16(11-13-17)21(26)14-25-20-9-5-4-8-19(20)24-22(25)15-27-18-6-2-1-3-7-18/h1-13,21,26H,14-15H2/t21-/m0/s1. The van der Waals surface area contributed by atoms with Crippen LogP contribution in [-0.4, -0.2) is 14.7 Å². The molecule has 0 spiro atoms. The van der Waals surface area contributed by atoms with Gasteiger partial charge in [0.25, 0.3) is 0 Å². The molecule has 0 bridgehead atoms. The zero-order valence-electron chi connectivity index (χ0n) is 14.6. The molecule has 27 heavy (non-hydrogen) atoms. The topological polar surface area (TPSA) is 47.3 Å². The summed E-state index contributed by atoms with van der Waals surface area (Å²) in [5.41, 5.74) is 2.42. The smallest absolute Gasteiger partial charge is 0.148 e. The number of imidazole rings is 1. The van der Waals surface area contributed by atoms with Crippen LogP contribution in [-0.2, 0) is 13.2 Å². The highest BCUT2D eigenvalue weighted by Gasteiger charge is 2.16. The lowest BCUT2D eigenvalue weighted by molar-refractivity contribution is 0.154. The van der Waals surface area contributed by atoms with Crippen molar-refractivity contribution in [1.29, 1.82) is 0 Å². The molecule has 0 aliphatic carbocycles. The Kier molecular flexibility index (Phi) is 4.85. The monoisotopic (exact) mass is 362 g/mol. The third-order valence-corrected chi connectivity index (χ3v) is 4.46. The van der Waals surface area contributed by atoms with Gasteiger partial charge in [-0.3, -0.25) is 0 Å². The summed E-state index contributed by atoms with van der Waals surface area (Å²) in [4.78, 5) is 4.66. The van der Waals surface area contributed by atoms with Crippen LogP contribution in [0.15, 0.2) is 78.9 Å². The van der Waals surface area contributed by atoms with Crippen molar-refractivity contribution in [2.75, 3.05) is 0 Å². The normalized spacial score (nSPS) is 12.2. The quantitative estimate of drug-likeness (QED) is 0.550. The molecule has 5 heteroatoms. The lowest BCUT2D eigenvalue weighted by atomic mass is 10.1. The van der Waals surface area contributed by atoms with E-state index in [-0.39, 0.29) is 12.4 Å². The van der Waals surface area contributed by atoms with Crippen molar-refractivity contribution in [1.82, 2.24) is 9.55 Å². The Morgan fingerprint density at radius 1 is 0.926 bits per heavy atom. The highest BCUT2D eigenvalue weighted by atomic mass is 19.1. The van der Waals surface area contributed by atoms with E-state index in [9.17, 15) is 9.50 Å². The summed E-state index contributed by atoms with van der Waals surface area (Å²) >= 11 is 0. The summed E-state index contributed by atoms with van der Waals surface area (Å²) in [7, 11) is 0. The number of rotatable bonds is 6. The lowest BCUT2D eigenvalue weighted by Crippen LogP contribution is -2.13. The average Bonchev–Trinajstić information content (AvgIpc) is 3.05. The molecule has 3 aromatic carbocycles. The molecule has 0 aliphatic rings. The number of para-hydroxylation sites is 3. The van der Waals surface area contributed by atoms with Gasteiger partial charge in [0.05, 0.1) is 23.7 Å². The van der Waals surface area contributed by atoms with Crippen molar-refractivity contribution in [3.8, 4) is 5.75 Å². The Bertz CT molecular complexity index is 1030. The first kappa shape index (κ1) is 17.2. The van der Waals surface area contributed by atoms with E-state index in [4.69, 9.17) is 4.74 Å². The Hall–Kier alpha value is -3.18. The molecule has 4 rings (SSSR count). The molecular weight excluding hydrogens is 343 g/mol. The molecule has 1 atom stereocenters. The number of aliphatic hydroxyl groups is 1. The number of hydrogen-bond acceptors (Lipinski definition) is 3. The molecule has 1 N–H and O–H groups in total. The van der Waals surface area contributed by atoms with Gasteiger partial charge in [0.1, 0.15) is 24.0 Å². The van der Waals surface area contributed by atoms with E-state index < -0.39 is 6.10 Å². The number of hydrogen-bond donors (Lipinski definition) is 1. The predicted molar refractivity (Wildman–Crippen MR) is 102 cm³/mol. The molecular formula is C22H19FN2O2. The summed E-state index contributed by atoms with van der Waals surface area (Å²) < 4.78 is 20.9. The van der Waals surface area contributed by atoms with Gasteiger partial charge in [-0.2, -0.15) is 0 Å². The van der Waals surface area contributed by atoms with E-state index in [1.165, 1.54) is 12.1 Å². The number of halogens is 1. The number of aromatic nitrogens is 2. The first-order valence-electron chi connectivity index (χ1n) is 8.76. The molecule has 4 nitrogen and oxygen atoms in total. The van der Waals surface area contributed by atoms with Gasteiger partial charge in [0.15, 0.2) is 0 Å². The van der Waals surface area contributed by atoms with Gasteiger partial charge in [-0.05, 0) is 42.0 Å². The van der Waals surface area contributed by atoms with Crippen molar-refractivity contribution < 1.29 is 14.2 Å². The maximum atomic E-state index is 13.1. The number of nitrogens with zero attached hydrogens (tertiary/aromatic N) is 2. The molecule has 0 fully saturated rings. The van der Waals surface area contributed by atoms with Crippen LogP contribution in [0.4, 0.5) is 4.39 Å². The van der Waals surface area contributed by atoms with Gasteiger partial charge in [-0.15, -0.1) is 0 Å². The molecule has 0 unspecified atom stereocenters. The summed E-state index contributed by atoms with van der Waals surface area (Å²) in [6.07, 6.45) is -0.779. The van der Waals surface area contributed by atoms with Gasteiger partial charge < -0.3 is 14.4 Å². The predicted octanol–water partition coefficient (Wildman–Crippen LogP) is 4.49. The molecule has 1 aromatic heterocycles. The fraction of sp³-hybridized carbons (Fsp3) is 0.136. The minimum Gasteiger partial charge on any atom is -0.486 e. The van der Waals surface area contributed by atoms with Gasteiger partial charge in [-0.25, -0.2) is 9.37 Å². The first-order chi connectivity index (χ1) is 13.2. The molecule has 136 valence electrons. The summed E-state index contributed by atoms with van der Waals surface area (Å²) in [6, 6.07) is 23.2. The van der Waals surface area contributed by atoms with Crippen LogP contribution in [0.3, 0.4) is 0 Å². The van der Waals surface area contributed by atoms with Gasteiger partial charge in [0, 0.05) is 0 Å². The highest BCUT2D eigenvalue weighted by molar-refractivity contribution is 5.75. The van der Waals surface area contributed by atoms with Crippen molar-refractivity contribution in [3.05, 3.63) is 96.1 Å². The van der Waals surface area contributed by atoms with E-state index in [0.717, 1.165) is 22.6 Å². The fourth-order valence-electron chi connectivity index (χ4n) is 3.07. The minimum atomic E-state index is -0.779. The molecule has 0 aliphatic heterocycles. The summed E-state index contributed by atoms with van der Waals surface area (Å²) in [5, 5.41) is 10.6. The molecule has 0 radical (unpaired) electrons. The highest BCUT2D eigenvalue weighted by Crippen LogP contribution is 2.23. The molecule has 4 aromatic rings. The third kappa shape index (κ3) is 3.83. The maximum absolute atomic E-state index is 13.1. The molecule has 0 saturated heterocycles. The Morgan fingerprint density at radius 3 is 2.41 bits per heavy atom. The lowest BCUT2D eigenvalue weighted by Gasteiger charge is -2.15. The summed E-state index contributed by atoms with van der Waals surface area (Å²) in [6.45, 7) is 0.592. The summed E-state index contributed by atoms with van der Waals surface area (Å²) in [5.74, 6) is 1.16. The number of ether oxygens (including phenoxy) is 1. The largest absolute Gasteiger partial charge is 0.486 e. The van der Waals surface area contributed by atoms with E-state index >= 15 is 0 Å². The minimum absolute atomic E-state index is 0.287. The van der Waals surface area contributed by atoms with Gasteiger partial charge >= 0.3 is 0 Å². The molecule has 1 heterocycles. The number of benzene rings is 3. The Morgan fingerprint density at radius 2 is 1.63 bits per heavy atom. The average molecular weight is 362 g/mol. The van der Waals surface area contributed by atoms with Crippen LogP contribution < -0.4 is 4.74 Å².